The van der Waals surface area contributed by atoms with Crippen molar-refractivity contribution in [3.8, 4) is 11.8 Å². The van der Waals surface area contributed by atoms with E-state index in [1.165, 1.54) is 19.3 Å². The van der Waals surface area contributed by atoms with Crippen molar-refractivity contribution < 1.29 is 14.6 Å². The van der Waals surface area contributed by atoms with Gasteiger partial charge >= 0.3 is 5.97 Å². The lowest BCUT2D eigenvalue weighted by Gasteiger charge is -2.27. The molecule has 154 valence electrons. The Hall–Kier alpha value is -1.83. The smallest absolute Gasteiger partial charge is 0.341 e. The molecular formula is C24H35NO3. The number of carbonyl (C=O) groups excluding carboxylic acids is 1. The summed E-state index contributed by atoms with van der Waals surface area (Å²) in [6, 6.07) is 7.73. The molecule has 2 rings (SSSR count). The van der Waals surface area contributed by atoms with Gasteiger partial charge < -0.3 is 9.84 Å². The third kappa shape index (κ3) is 6.36. The standard InChI is InChI=1S/C24H35NO3/c1-5-25(6-2)18-12-17-24(3,4)28-23(27)22(26)21-16-11-10-15-20(21)19-13-8-7-9-14-19/h10-11,15-16,19,22,26H,5-9,13-14,18H2,1-4H3. The van der Waals surface area contributed by atoms with Gasteiger partial charge in [0.15, 0.2) is 11.7 Å². The summed E-state index contributed by atoms with van der Waals surface area (Å²) in [5.74, 6) is 5.90. The molecule has 0 heterocycles. The third-order valence-electron chi connectivity index (χ3n) is 5.50. The first-order valence-corrected chi connectivity index (χ1v) is 10.6. The van der Waals surface area contributed by atoms with Gasteiger partial charge in [0.2, 0.25) is 0 Å². The van der Waals surface area contributed by atoms with Crippen LogP contribution in [0.25, 0.3) is 0 Å². The zero-order valence-electron chi connectivity index (χ0n) is 17.8. The van der Waals surface area contributed by atoms with E-state index in [0.717, 1.165) is 31.5 Å². The molecule has 28 heavy (non-hydrogen) atoms. The van der Waals surface area contributed by atoms with Crippen molar-refractivity contribution in [2.24, 2.45) is 0 Å². The van der Waals surface area contributed by atoms with Crippen molar-refractivity contribution >= 4 is 5.97 Å². The molecule has 1 aliphatic carbocycles. The van der Waals surface area contributed by atoms with Gasteiger partial charge in [0.05, 0.1) is 6.54 Å². The van der Waals surface area contributed by atoms with Crippen LogP contribution in [0.3, 0.4) is 0 Å². The van der Waals surface area contributed by atoms with E-state index in [1.807, 2.05) is 24.3 Å². The van der Waals surface area contributed by atoms with Gasteiger partial charge in [0.25, 0.3) is 0 Å². The van der Waals surface area contributed by atoms with Crippen LogP contribution < -0.4 is 0 Å². The molecular weight excluding hydrogens is 350 g/mol. The van der Waals surface area contributed by atoms with Crippen LogP contribution in [0.2, 0.25) is 0 Å². The zero-order valence-corrected chi connectivity index (χ0v) is 17.8. The average Bonchev–Trinajstić information content (AvgIpc) is 2.71. The lowest BCUT2D eigenvalue weighted by atomic mass is 9.81. The highest BCUT2D eigenvalue weighted by Crippen LogP contribution is 2.36. The number of hydrogen-bond donors (Lipinski definition) is 1. The number of aliphatic hydroxyl groups excluding tert-OH is 1. The summed E-state index contributed by atoms with van der Waals surface area (Å²) >= 11 is 0. The molecule has 0 aromatic heterocycles. The zero-order chi connectivity index (χ0) is 20.6. The molecule has 1 N–H and O–H groups in total. The Bertz CT molecular complexity index is 691. The Kier molecular flexibility index (Phi) is 8.54. The summed E-state index contributed by atoms with van der Waals surface area (Å²) < 4.78 is 5.56. The van der Waals surface area contributed by atoms with Crippen LogP contribution in [0.5, 0.6) is 0 Å². The highest BCUT2D eigenvalue weighted by atomic mass is 16.6. The maximum absolute atomic E-state index is 12.7. The fourth-order valence-corrected chi connectivity index (χ4v) is 3.82. The molecule has 0 bridgehead atoms. The van der Waals surface area contributed by atoms with Crippen LogP contribution in [-0.4, -0.2) is 41.2 Å². The van der Waals surface area contributed by atoms with E-state index in [-0.39, 0.29) is 0 Å². The van der Waals surface area contributed by atoms with Gasteiger partial charge in [-0.3, -0.25) is 4.90 Å². The minimum absolute atomic E-state index is 0.411. The first-order chi connectivity index (χ1) is 13.4. The van der Waals surface area contributed by atoms with Gasteiger partial charge in [0.1, 0.15) is 0 Å². The minimum atomic E-state index is -1.28. The number of nitrogens with zero attached hydrogens (tertiary/aromatic N) is 1. The Labute approximate surface area is 170 Å². The monoisotopic (exact) mass is 385 g/mol. The normalized spacial score (nSPS) is 16.4. The second-order valence-corrected chi connectivity index (χ2v) is 8.06. The summed E-state index contributed by atoms with van der Waals surface area (Å²) in [7, 11) is 0. The number of hydrogen-bond acceptors (Lipinski definition) is 4. The molecule has 1 unspecified atom stereocenters. The summed E-state index contributed by atoms with van der Waals surface area (Å²) in [5, 5.41) is 10.7. The van der Waals surface area contributed by atoms with E-state index < -0.39 is 17.7 Å². The third-order valence-corrected chi connectivity index (χ3v) is 5.50. The quantitative estimate of drug-likeness (QED) is 0.557. The van der Waals surface area contributed by atoms with Crippen molar-refractivity contribution in [3.63, 3.8) is 0 Å². The van der Waals surface area contributed by atoms with E-state index in [1.54, 1.807) is 13.8 Å². The Morgan fingerprint density at radius 3 is 2.50 bits per heavy atom. The second-order valence-electron chi connectivity index (χ2n) is 8.06. The van der Waals surface area contributed by atoms with Gasteiger partial charge in [-0.2, -0.15) is 0 Å². The topological polar surface area (TPSA) is 49.8 Å². The van der Waals surface area contributed by atoms with Crippen molar-refractivity contribution in [1.29, 1.82) is 0 Å². The minimum Gasteiger partial charge on any atom is -0.444 e. The molecule has 0 amide bonds. The van der Waals surface area contributed by atoms with Crippen molar-refractivity contribution in [3.05, 3.63) is 35.4 Å². The van der Waals surface area contributed by atoms with E-state index in [2.05, 4.69) is 30.6 Å². The summed E-state index contributed by atoms with van der Waals surface area (Å²) in [6.45, 7) is 10.2. The van der Waals surface area contributed by atoms with Crippen LogP contribution in [0, 0.1) is 11.8 Å². The van der Waals surface area contributed by atoms with E-state index in [9.17, 15) is 9.90 Å². The fraction of sp³-hybridized carbons (Fsp3) is 0.625. The summed E-state index contributed by atoms with van der Waals surface area (Å²) in [5.41, 5.74) is 0.814. The highest BCUT2D eigenvalue weighted by molar-refractivity contribution is 5.77. The Balaban J connectivity index is 2.07. The molecule has 1 aliphatic rings. The maximum Gasteiger partial charge on any atom is 0.341 e. The molecule has 0 radical (unpaired) electrons. The van der Waals surface area contributed by atoms with E-state index in [4.69, 9.17) is 4.74 Å². The number of ether oxygens (including phenoxy) is 1. The van der Waals surface area contributed by atoms with Gasteiger partial charge in [0, 0.05) is 0 Å². The van der Waals surface area contributed by atoms with Crippen LogP contribution in [0.15, 0.2) is 24.3 Å². The Morgan fingerprint density at radius 1 is 1.21 bits per heavy atom. The molecule has 1 atom stereocenters. The Morgan fingerprint density at radius 2 is 1.86 bits per heavy atom. The molecule has 0 saturated heterocycles. The molecule has 1 fully saturated rings. The largest absolute Gasteiger partial charge is 0.444 e. The predicted molar refractivity (Wildman–Crippen MR) is 113 cm³/mol. The number of esters is 1. The van der Waals surface area contributed by atoms with Gasteiger partial charge in [-0.25, -0.2) is 4.79 Å². The van der Waals surface area contributed by atoms with Crippen LogP contribution in [-0.2, 0) is 9.53 Å². The molecule has 4 nitrogen and oxygen atoms in total. The van der Waals surface area contributed by atoms with Gasteiger partial charge in [-0.15, -0.1) is 0 Å². The number of aliphatic hydroxyl groups is 1. The molecule has 1 aromatic carbocycles. The van der Waals surface area contributed by atoms with Crippen LogP contribution in [0.4, 0.5) is 0 Å². The van der Waals surface area contributed by atoms with E-state index in [0.29, 0.717) is 18.0 Å². The van der Waals surface area contributed by atoms with Gasteiger partial charge in [-0.1, -0.05) is 69.2 Å². The van der Waals surface area contributed by atoms with Crippen LogP contribution in [0.1, 0.15) is 82.9 Å². The SMILES string of the molecule is CCN(CC)CC#CC(C)(C)OC(=O)C(O)c1ccccc1C1CCCCC1. The second kappa shape index (κ2) is 10.6. The van der Waals surface area contributed by atoms with Crippen molar-refractivity contribution in [2.75, 3.05) is 19.6 Å². The van der Waals surface area contributed by atoms with Crippen molar-refractivity contribution in [2.45, 2.75) is 77.4 Å². The van der Waals surface area contributed by atoms with Crippen molar-refractivity contribution in [1.82, 2.24) is 4.90 Å². The lowest BCUT2D eigenvalue weighted by molar-refractivity contribution is -0.162. The number of rotatable bonds is 7. The molecule has 1 aromatic rings. The average molecular weight is 386 g/mol. The molecule has 0 aliphatic heterocycles. The summed E-state index contributed by atoms with van der Waals surface area (Å²) in [4.78, 5) is 14.8. The van der Waals surface area contributed by atoms with Crippen LogP contribution >= 0.6 is 0 Å². The van der Waals surface area contributed by atoms with E-state index >= 15 is 0 Å². The first kappa shape index (κ1) is 22.5. The molecule has 4 heteroatoms. The maximum atomic E-state index is 12.7. The number of carbonyl (C=O) groups is 1. The van der Waals surface area contributed by atoms with Gasteiger partial charge in [-0.05, 0) is 56.8 Å². The first-order valence-electron chi connectivity index (χ1n) is 10.6. The molecule has 0 spiro atoms. The molecule has 1 saturated carbocycles. The lowest BCUT2D eigenvalue weighted by Crippen LogP contribution is -2.30. The highest BCUT2D eigenvalue weighted by Gasteiger charge is 2.29. The number of benzene rings is 1. The summed E-state index contributed by atoms with van der Waals surface area (Å²) in [6.07, 6.45) is 4.62. The fourth-order valence-electron chi connectivity index (χ4n) is 3.82. The predicted octanol–water partition coefficient (Wildman–Crippen LogP) is 4.43.